The first-order chi connectivity index (χ1) is 14.4. The zero-order valence-electron chi connectivity index (χ0n) is 16.0. The summed E-state index contributed by atoms with van der Waals surface area (Å²) in [5.74, 6) is -1.39. The summed E-state index contributed by atoms with van der Waals surface area (Å²) in [5, 5.41) is 37.7. The second-order valence-corrected chi connectivity index (χ2v) is 7.10. The number of hydrogen-bond donors (Lipinski definition) is 2. The molecule has 0 saturated heterocycles. The standard InChI is InChI=1S/C19H15N7O3S/c1-10-5-3-4-6-13(10)23-14(27)9-30-18-12(8-21)15(11(7-20)17(22)24-18)16-19(28)29-25-26(16)2/h3-6H,9H2,1-2H3,(H3-,22,23,24,25,27,28). The Morgan fingerprint density at radius 1 is 1.33 bits per heavy atom. The number of pyridine rings is 1. The van der Waals surface area contributed by atoms with Crippen molar-refractivity contribution in [1.29, 1.82) is 10.5 Å². The number of nitrogens with zero attached hydrogens (tertiary/aromatic N) is 5. The average molecular weight is 421 g/mol. The molecule has 2 heterocycles. The van der Waals surface area contributed by atoms with E-state index in [4.69, 9.17) is 5.73 Å². The fraction of sp³-hybridized carbons (Fsp3) is 0.158. The highest BCUT2D eigenvalue weighted by Crippen LogP contribution is 2.36. The summed E-state index contributed by atoms with van der Waals surface area (Å²) >= 11 is 0.964. The molecule has 30 heavy (non-hydrogen) atoms. The summed E-state index contributed by atoms with van der Waals surface area (Å²) < 4.78 is 5.72. The number of nitrogens with one attached hydrogen (secondary N) is 1. The number of nitriles is 2. The molecule has 150 valence electrons. The van der Waals surface area contributed by atoms with Crippen molar-refractivity contribution in [3.05, 3.63) is 41.0 Å². The Hall–Kier alpha value is -4.09. The number of nitrogen functional groups attached to an aromatic ring is 1. The first-order valence-electron chi connectivity index (χ1n) is 8.52. The van der Waals surface area contributed by atoms with Crippen LogP contribution in [0.15, 0.2) is 33.8 Å². The molecule has 0 aliphatic carbocycles. The van der Waals surface area contributed by atoms with Crippen LogP contribution in [0.4, 0.5) is 11.5 Å². The minimum atomic E-state index is -0.829. The molecular formula is C19H15N7O3S. The summed E-state index contributed by atoms with van der Waals surface area (Å²) in [7, 11) is 1.43. The van der Waals surface area contributed by atoms with E-state index in [1.54, 1.807) is 12.1 Å². The van der Waals surface area contributed by atoms with Crippen molar-refractivity contribution in [1.82, 2.24) is 10.3 Å². The fourth-order valence-electron chi connectivity index (χ4n) is 2.75. The van der Waals surface area contributed by atoms with Crippen LogP contribution in [0, 0.1) is 29.6 Å². The highest BCUT2D eigenvalue weighted by Gasteiger charge is 2.29. The van der Waals surface area contributed by atoms with Crippen LogP contribution in [0.2, 0.25) is 0 Å². The molecule has 0 aliphatic heterocycles. The number of amides is 1. The van der Waals surface area contributed by atoms with Gasteiger partial charge < -0.3 is 20.7 Å². The Balaban J connectivity index is 1.97. The van der Waals surface area contributed by atoms with Gasteiger partial charge in [-0.25, -0.2) is 4.98 Å². The Labute approximate surface area is 175 Å². The van der Waals surface area contributed by atoms with Crippen LogP contribution in [-0.4, -0.2) is 21.9 Å². The van der Waals surface area contributed by atoms with Crippen molar-refractivity contribution in [3.63, 3.8) is 0 Å². The van der Waals surface area contributed by atoms with Gasteiger partial charge in [0, 0.05) is 5.69 Å². The molecule has 0 atom stereocenters. The van der Waals surface area contributed by atoms with Crippen molar-refractivity contribution in [3.8, 4) is 29.3 Å². The van der Waals surface area contributed by atoms with E-state index in [2.05, 4.69) is 20.1 Å². The molecule has 3 N–H and O–H groups in total. The summed E-state index contributed by atoms with van der Waals surface area (Å²) in [6, 6.07) is 11.1. The molecule has 2 aromatic heterocycles. The van der Waals surface area contributed by atoms with Crippen LogP contribution in [0.1, 0.15) is 16.7 Å². The normalized spacial score (nSPS) is 10.3. The van der Waals surface area contributed by atoms with Crippen molar-refractivity contribution < 1.29 is 19.1 Å². The Morgan fingerprint density at radius 3 is 2.63 bits per heavy atom. The summed E-state index contributed by atoms with van der Waals surface area (Å²) in [5.41, 5.74) is 7.13. The van der Waals surface area contributed by atoms with Gasteiger partial charge in [0.1, 0.15) is 28.5 Å². The third-order valence-electron chi connectivity index (χ3n) is 4.17. The van der Waals surface area contributed by atoms with Crippen molar-refractivity contribution in [2.24, 2.45) is 7.05 Å². The van der Waals surface area contributed by atoms with Gasteiger partial charge in [-0.05, 0) is 18.6 Å². The van der Waals surface area contributed by atoms with Crippen LogP contribution in [0.25, 0.3) is 11.3 Å². The van der Waals surface area contributed by atoms with Gasteiger partial charge in [0.25, 0.3) is 5.69 Å². The number of thioether (sulfide) groups is 1. The van der Waals surface area contributed by atoms with Crippen LogP contribution in [0.3, 0.4) is 0 Å². The molecule has 0 saturated carbocycles. The number of benzene rings is 1. The van der Waals surface area contributed by atoms with Crippen LogP contribution in [0.5, 0.6) is 5.95 Å². The summed E-state index contributed by atoms with van der Waals surface area (Å²) in [6.07, 6.45) is 0. The monoisotopic (exact) mass is 421 g/mol. The molecule has 0 spiro atoms. The van der Waals surface area contributed by atoms with E-state index < -0.39 is 5.95 Å². The number of aryl methyl sites for hydroxylation is 2. The topological polar surface area (TPSA) is 169 Å². The first-order valence-corrected chi connectivity index (χ1v) is 9.51. The minimum absolute atomic E-state index is 0.0249. The van der Waals surface area contributed by atoms with Gasteiger partial charge in [0.15, 0.2) is 13.0 Å². The molecule has 10 nitrogen and oxygen atoms in total. The molecule has 0 radical (unpaired) electrons. The third-order valence-corrected chi connectivity index (χ3v) is 5.15. The van der Waals surface area contributed by atoms with E-state index in [9.17, 15) is 20.4 Å². The molecule has 3 aromatic rings. The molecule has 1 aromatic carbocycles. The zero-order valence-corrected chi connectivity index (χ0v) is 16.8. The Morgan fingerprint density at radius 2 is 2.03 bits per heavy atom. The second kappa shape index (κ2) is 8.51. The Bertz CT molecular complexity index is 1200. The van der Waals surface area contributed by atoms with Crippen LogP contribution in [-0.2, 0) is 11.8 Å². The molecule has 1 amide bonds. The van der Waals surface area contributed by atoms with Gasteiger partial charge in [-0.15, -0.1) is 0 Å². The number of carbonyl (C=O) groups excluding carboxylic acids is 1. The number of hydrogen-bond acceptors (Lipinski definition) is 9. The maximum atomic E-state index is 12.4. The number of para-hydroxylation sites is 1. The van der Waals surface area contributed by atoms with Gasteiger partial charge in [0.2, 0.25) is 5.91 Å². The van der Waals surface area contributed by atoms with E-state index in [-0.39, 0.29) is 44.9 Å². The predicted molar refractivity (Wildman–Crippen MR) is 105 cm³/mol. The zero-order chi connectivity index (χ0) is 21.8. The maximum Gasteiger partial charge on any atom is 0.266 e. The van der Waals surface area contributed by atoms with Crippen LogP contribution >= 0.6 is 11.8 Å². The Kier molecular flexibility index (Phi) is 5.85. The quantitative estimate of drug-likeness (QED) is 0.451. The molecule has 0 fully saturated rings. The third kappa shape index (κ3) is 3.87. The van der Waals surface area contributed by atoms with Gasteiger partial charge in [-0.3, -0.25) is 4.79 Å². The SMILES string of the molecule is Cc1ccccc1NC(=O)CSc1nc(N)c(C#N)c(-c2c([O-])on[n+]2C)c1C#N. The van der Waals surface area contributed by atoms with E-state index >= 15 is 0 Å². The first kappa shape index (κ1) is 20.6. The van der Waals surface area contributed by atoms with E-state index in [0.717, 1.165) is 22.0 Å². The highest BCUT2D eigenvalue weighted by atomic mass is 32.2. The smallest absolute Gasteiger partial charge is 0.266 e. The predicted octanol–water partition coefficient (Wildman–Crippen LogP) is 0.999. The van der Waals surface area contributed by atoms with Crippen molar-refractivity contribution in [2.75, 3.05) is 16.8 Å². The summed E-state index contributed by atoms with van der Waals surface area (Å²) in [6.45, 7) is 1.87. The number of rotatable bonds is 5. The number of aromatic nitrogens is 3. The van der Waals surface area contributed by atoms with Gasteiger partial charge in [-0.1, -0.05) is 34.6 Å². The lowest BCUT2D eigenvalue weighted by Gasteiger charge is -2.11. The lowest BCUT2D eigenvalue weighted by molar-refractivity contribution is -0.730. The molecule has 11 heteroatoms. The van der Waals surface area contributed by atoms with Crippen molar-refractivity contribution >= 4 is 29.2 Å². The number of anilines is 2. The van der Waals surface area contributed by atoms with Crippen LogP contribution < -0.4 is 20.8 Å². The second-order valence-electron chi connectivity index (χ2n) is 6.14. The van der Waals surface area contributed by atoms with Crippen molar-refractivity contribution in [2.45, 2.75) is 11.9 Å². The summed E-state index contributed by atoms with van der Waals surface area (Å²) in [4.78, 5) is 16.5. The fourth-order valence-corrected chi connectivity index (χ4v) is 3.55. The number of carbonyl (C=O) groups is 1. The largest absolute Gasteiger partial charge is 0.539 e. The maximum absolute atomic E-state index is 12.4. The van der Waals surface area contributed by atoms with E-state index in [1.165, 1.54) is 7.05 Å². The van der Waals surface area contributed by atoms with E-state index in [0.29, 0.717) is 5.69 Å². The average Bonchev–Trinajstić information content (AvgIpc) is 3.05. The lowest BCUT2D eigenvalue weighted by Crippen LogP contribution is -2.32. The van der Waals surface area contributed by atoms with Gasteiger partial charge >= 0.3 is 0 Å². The molecule has 0 unspecified atom stereocenters. The van der Waals surface area contributed by atoms with Gasteiger partial charge in [-0.2, -0.15) is 10.5 Å². The van der Waals surface area contributed by atoms with E-state index in [1.807, 2.05) is 31.2 Å². The molecule has 0 aliphatic rings. The highest BCUT2D eigenvalue weighted by molar-refractivity contribution is 8.00. The number of nitrogens with two attached hydrogens (primary N) is 1. The molecular weight excluding hydrogens is 406 g/mol. The van der Waals surface area contributed by atoms with Gasteiger partial charge in [0.05, 0.1) is 22.2 Å². The minimum Gasteiger partial charge on any atom is -0.539 e. The lowest BCUT2D eigenvalue weighted by atomic mass is 10.0. The molecule has 0 bridgehead atoms. The molecule has 3 rings (SSSR count).